The highest BCUT2D eigenvalue weighted by Gasteiger charge is 2.27. The van der Waals surface area contributed by atoms with Gasteiger partial charge in [0.05, 0.1) is 17.4 Å². The van der Waals surface area contributed by atoms with E-state index in [2.05, 4.69) is 25.2 Å². The first-order valence-electron chi connectivity index (χ1n) is 13.3. The van der Waals surface area contributed by atoms with Gasteiger partial charge in [-0.05, 0) is 51.8 Å². The van der Waals surface area contributed by atoms with Crippen molar-refractivity contribution in [3.63, 3.8) is 0 Å². The highest BCUT2D eigenvalue weighted by molar-refractivity contribution is 5.77. The maximum atomic E-state index is 13.6. The molecule has 10 nitrogen and oxygen atoms in total. The third-order valence-corrected chi connectivity index (χ3v) is 7.01. The molecule has 2 aliphatic rings. The van der Waals surface area contributed by atoms with Gasteiger partial charge in [0.2, 0.25) is 5.95 Å². The summed E-state index contributed by atoms with van der Waals surface area (Å²) < 4.78 is 34.0. The van der Waals surface area contributed by atoms with Crippen LogP contribution in [0.3, 0.4) is 0 Å². The molecular weight excluding hydrogens is 508 g/mol. The zero-order chi connectivity index (χ0) is 27.7. The number of aromatic nitrogens is 4. The predicted octanol–water partition coefficient (Wildman–Crippen LogP) is 5.04. The smallest absolute Gasteiger partial charge is 0.410 e. The number of fused-ring (bicyclic) bond motifs is 1. The van der Waals surface area contributed by atoms with E-state index in [1.165, 1.54) is 16.8 Å². The van der Waals surface area contributed by atoms with Gasteiger partial charge in [-0.25, -0.2) is 23.5 Å². The third kappa shape index (κ3) is 5.94. The molecule has 4 heterocycles. The molecule has 39 heavy (non-hydrogen) atoms. The summed E-state index contributed by atoms with van der Waals surface area (Å²) in [7, 11) is 0. The lowest BCUT2D eigenvalue weighted by Crippen LogP contribution is -2.50. The van der Waals surface area contributed by atoms with E-state index in [0.717, 1.165) is 31.4 Å². The normalized spacial score (nSPS) is 16.8. The Kier molecular flexibility index (Phi) is 7.37. The minimum atomic E-state index is -2.87. The number of pyridine rings is 2. The number of nitrogens with zero attached hydrogens (tertiary/aromatic N) is 6. The molecule has 0 atom stereocenters. The van der Waals surface area contributed by atoms with Crippen molar-refractivity contribution < 1.29 is 18.3 Å². The molecule has 1 N–H and O–H groups in total. The number of ether oxygens (including phenoxy) is 1. The van der Waals surface area contributed by atoms with E-state index in [1.807, 2.05) is 26.8 Å². The molecule has 0 spiro atoms. The molecule has 12 heteroatoms. The Bertz CT molecular complexity index is 1390. The van der Waals surface area contributed by atoms with E-state index in [-0.39, 0.29) is 18.1 Å². The van der Waals surface area contributed by atoms with Crippen LogP contribution < -0.4 is 15.8 Å². The van der Waals surface area contributed by atoms with Crippen LogP contribution in [0, 0.1) is 0 Å². The minimum Gasteiger partial charge on any atom is -0.444 e. The molecular formula is C27H33F2N7O3. The lowest BCUT2D eigenvalue weighted by atomic mass is 10.1. The molecule has 3 aromatic rings. The van der Waals surface area contributed by atoms with Crippen LogP contribution in [0.2, 0.25) is 0 Å². The van der Waals surface area contributed by atoms with Crippen LogP contribution in [0.4, 0.5) is 31.0 Å². The van der Waals surface area contributed by atoms with Gasteiger partial charge >= 0.3 is 6.09 Å². The Morgan fingerprint density at radius 3 is 2.41 bits per heavy atom. The highest BCUT2D eigenvalue weighted by atomic mass is 19.3. The van der Waals surface area contributed by atoms with Gasteiger partial charge in [-0.3, -0.25) is 9.36 Å². The summed E-state index contributed by atoms with van der Waals surface area (Å²) in [5.41, 5.74) is -0.490. The van der Waals surface area contributed by atoms with Gasteiger partial charge in [-0.2, -0.15) is 4.98 Å². The number of carbonyl (C=O) groups is 1. The summed E-state index contributed by atoms with van der Waals surface area (Å²) in [6.07, 6.45) is 3.41. The number of anilines is 3. The van der Waals surface area contributed by atoms with Gasteiger partial charge in [-0.15, -0.1) is 0 Å². The van der Waals surface area contributed by atoms with Crippen molar-refractivity contribution in [3.8, 4) is 0 Å². The topological polar surface area (TPSA) is 105 Å². The summed E-state index contributed by atoms with van der Waals surface area (Å²) in [5.74, 6) is 0.731. The second-order valence-electron chi connectivity index (χ2n) is 11.0. The number of halogens is 2. The number of hydrogen-bond acceptors (Lipinski definition) is 8. The molecule has 208 valence electrons. The van der Waals surface area contributed by atoms with Gasteiger partial charge < -0.3 is 19.9 Å². The number of alkyl halides is 2. The van der Waals surface area contributed by atoms with Crippen LogP contribution in [0.15, 0.2) is 35.4 Å². The van der Waals surface area contributed by atoms with Gasteiger partial charge in [0.25, 0.3) is 12.0 Å². The summed E-state index contributed by atoms with van der Waals surface area (Å²) in [6.45, 7) is 7.96. The lowest BCUT2D eigenvalue weighted by molar-refractivity contribution is 0.0240. The van der Waals surface area contributed by atoms with Crippen molar-refractivity contribution in [2.24, 2.45) is 0 Å². The lowest BCUT2D eigenvalue weighted by Gasteiger charge is -2.36. The number of hydrogen-bond donors (Lipinski definition) is 1. The van der Waals surface area contributed by atoms with Crippen LogP contribution in [-0.2, 0) is 4.74 Å². The van der Waals surface area contributed by atoms with Crippen LogP contribution in [0.5, 0.6) is 0 Å². The Morgan fingerprint density at radius 1 is 1.08 bits per heavy atom. The van der Waals surface area contributed by atoms with E-state index in [4.69, 9.17) is 4.74 Å². The molecule has 0 aromatic carbocycles. The summed E-state index contributed by atoms with van der Waals surface area (Å²) >= 11 is 0. The summed E-state index contributed by atoms with van der Waals surface area (Å²) in [6, 6.07) is 4.75. The van der Waals surface area contributed by atoms with Gasteiger partial charge in [0.15, 0.2) is 0 Å². The molecule has 1 aliphatic carbocycles. The second kappa shape index (κ2) is 10.7. The average molecular weight is 542 g/mol. The molecule has 0 unspecified atom stereocenters. The average Bonchev–Trinajstić information content (AvgIpc) is 3.42. The Morgan fingerprint density at radius 2 is 1.79 bits per heavy atom. The summed E-state index contributed by atoms with van der Waals surface area (Å²) in [4.78, 5) is 42.4. The zero-order valence-electron chi connectivity index (χ0n) is 22.4. The van der Waals surface area contributed by atoms with E-state index in [9.17, 15) is 18.4 Å². The number of amides is 1. The third-order valence-electron chi connectivity index (χ3n) is 7.01. The quantitative estimate of drug-likeness (QED) is 0.479. The fourth-order valence-corrected chi connectivity index (χ4v) is 5.09. The molecule has 1 aliphatic heterocycles. The molecule has 1 amide bonds. The Labute approximate surface area is 225 Å². The predicted molar refractivity (Wildman–Crippen MR) is 144 cm³/mol. The van der Waals surface area contributed by atoms with Crippen molar-refractivity contribution in [1.29, 1.82) is 0 Å². The van der Waals surface area contributed by atoms with Gasteiger partial charge in [0.1, 0.15) is 17.1 Å². The number of piperazine rings is 1. The molecule has 2 fully saturated rings. The van der Waals surface area contributed by atoms with E-state index < -0.39 is 23.1 Å². The summed E-state index contributed by atoms with van der Waals surface area (Å²) in [5, 5.41) is 3.46. The number of nitrogens with one attached hydrogen (secondary N) is 1. The monoisotopic (exact) mass is 541 g/mol. The molecule has 0 radical (unpaired) electrons. The van der Waals surface area contributed by atoms with Gasteiger partial charge in [-0.1, -0.05) is 12.8 Å². The number of carbonyl (C=O) groups excluding carboxylic acids is 1. The maximum absolute atomic E-state index is 13.6. The maximum Gasteiger partial charge on any atom is 0.410 e. The van der Waals surface area contributed by atoms with Crippen molar-refractivity contribution in [3.05, 3.63) is 46.5 Å². The Hall–Kier alpha value is -3.83. The van der Waals surface area contributed by atoms with Crippen LogP contribution in [0.1, 0.15) is 64.5 Å². The molecule has 5 rings (SSSR count). The van der Waals surface area contributed by atoms with Crippen molar-refractivity contribution in [2.45, 2.75) is 64.5 Å². The first kappa shape index (κ1) is 26.8. The van der Waals surface area contributed by atoms with Crippen molar-refractivity contribution >= 4 is 34.6 Å². The molecule has 3 aromatic heterocycles. The minimum absolute atomic E-state index is 0.158. The fraction of sp³-hybridized carbons (Fsp3) is 0.519. The van der Waals surface area contributed by atoms with Crippen molar-refractivity contribution in [1.82, 2.24) is 24.4 Å². The van der Waals surface area contributed by atoms with Gasteiger partial charge in [0, 0.05) is 43.8 Å². The first-order chi connectivity index (χ1) is 18.6. The SMILES string of the molecule is CC(C)(C)OC(=O)N1CCN(c2ccc(Nc3ncc4cc(C(F)F)c(=O)n(C5CCCC5)c4n3)nc2)CC1. The molecule has 1 saturated carbocycles. The van der Waals surface area contributed by atoms with E-state index in [1.54, 1.807) is 17.2 Å². The zero-order valence-corrected chi connectivity index (χ0v) is 22.4. The van der Waals surface area contributed by atoms with Crippen LogP contribution in [0.25, 0.3) is 11.0 Å². The standard InChI is InChI=1S/C27H33F2N7O3/c1-27(2,3)39-26(38)35-12-10-34(11-13-35)19-8-9-21(30-16-19)32-25-31-15-17-14-20(22(28)29)24(37)36(23(17)33-25)18-6-4-5-7-18/h8-9,14-16,18,22H,4-7,10-13H2,1-3H3,(H,30,31,32,33). The largest absolute Gasteiger partial charge is 0.444 e. The fourth-order valence-electron chi connectivity index (χ4n) is 5.09. The number of rotatable bonds is 5. The highest BCUT2D eigenvalue weighted by Crippen LogP contribution is 2.32. The van der Waals surface area contributed by atoms with E-state index in [0.29, 0.717) is 43.0 Å². The van der Waals surface area contributed by atoms with Crippen molar-refractivity contribution in [2.75, 3.05) is 36.4 Å². The molecule has 0 bridgehead atoms. The van der Waals surface area contributed by atoms with E-state index >= 15 is 0 Å². The second-order valence-corrected chi connectivity index (χ2v) is 11.0. The van der Waals surface area contributed by atoms with Crippen LogP contribution >= 0.6 is 0 Å². The first-order valence-corrected chi connectivity index (χ1v) is 13.3. The molecule has 1 saturated heterocycles. The Balaban J connectivity index is 1.30. The van der Waals surface area contributed by atoms with Crippen LogP contribution in [-0.4, -0.2) is 62.3 Å².